The van der Waals surface area contributed by atoms with Crippen LogP contribution in [0.5, 0.6) is 0 Å². The molecule has 0 saturated carbocycles. The smallest absolute Gasteiger partial charge is 0.123 e. The quantitative estimate of drug-likeness (QED) is 0.333. The van der Waals surface area contributed by atoms with E-state index in [4.69, 9.17) is 0 Å². The molecule has 0 bridgehead atoms. The van der Waals surface area contributed by atoms with E-state index >= 15 is 0 Å². The molecule has 0 fully saturated rings. The van der Waals surface area contributed by atoms with Gasteiger partial charge in [0.15, 0.2) is 0 Å². The van der Waals surface area contributed by atoms with Crippen LogP contribution in [0.15, 0.2) is 79.1 Å². The van der Waals surface area contributed by atoms with Crippen LogP contribution in [0.25, 0.3) is 22.2 Å². The molecule has 2 heterocycles. The van der Waals surface area contributed by atoms with Gasteiger partial charge in [-0.3, -0.25) is 5.10 Å². The summed E-state index contributed by atoms with van der Waals surface area (Å²) >= 11 is 3.26. The number of alkyl halides is 1. The number of hydrogen-bond donors (Lipinski definition) is 1. The van der Waals surface area contributed by atoms with Crippen molar-refractivity contribution >= 4 is 26.8 Å². The molecule has 0 aliphatic heterocycles. The van der Waals surface area contributed by atoms with Crippen LogP contribution < -0.4 is 0 Å². The minimum atomic E-state index is -0.239. The monoisotopic (exact) mass is 481 g/mol. The van der Waals surface area contributed by atoms with E-state index in [0.717, 1.165) is 38.6 Å². The third kappa shape index (κ3) is 5.40. The second-order valence-corrected chi connectivity index (χ2v) is 7.42. The first-order valence-electron chi connectivity index (χ1n) is 9.49. The van der Waals surface area contributed by atoms with Crippen LogP contribution >= 0.6 is 15.9 Å². The summed E-state index contributed by atoms with van der Waals surface area (Å²) < 4.78 is 26.9. The first kappa shape index (κ1) is 20.9. The van der Waals surface area contributed by atoms with Crippen LogP contribution in [0.4, 0.5) is 8.78 Å². The highest BCUT2D eigenvalue weighted by Gasteiger charge is 2.06. The zero-order valence-electron chi connectivity index (χ0n) is 16.3. The highest BCUT2D eigenvalue weighted by Crippen LogP contribution is 2.21. The van der Waals surface area contributed by atoms with Crippen molar-refractivity contribution in [3.8, 4) is 11.3 Å². The van der Waals surface area contributed by atoms with Crippen LogP contribution in [-0.4, -0.2) is 25.2 Å². The van der Waals surface area contributed by atoms with Gasteiger partial charge < -0.3 is 0 Å². The van der Waals surface area contributed by atoms with Crippen LogP contribution in [0.3, 0.4) is 0 Å². The molecule has 1 N–H and O–H groups in total. The molecule has 3 aromatic carbocycles. The van der Waals surface area contributed by atoms with E-state index in [1.807, 2.05) is 24.4 Å². The predicted octanol–water partition coefficient (Wildman–Crippen LogP) is 5.73. The lowest BCUT2D eigenvalue weighted by atomic mass is 10.1. The Balaban J connectivity index is 0.000000217. The first-order valence-corrected chi connectivity index (χ1v) is 10.6. The number of nitrogens with one attached hydrogen (secondary N) is 1. The number of aromatic nitrogens is 5. The van der Waals surface area contributed by atoms with Crippen molar-refractivity contribution < 1.29 is 8.78 Å². The summed E-state index contributed by atoms with van der Waals surface area (Å²) in [6, 6.07) is 18.8. The Labute approximate surface area is 185 Å². The highest BCUT2D eigenvalue weighted by atomic mass is 79.9. The largest absolute Gasteiger partial charge is 0.278 e. The summed E-state index contributed by atoms with van der Waals surface area (Å²) in [5.74, 6) is -0.420. The summed E-state index contributed by atoms with van der Waals surface area (Å²) in [5, 5.41) is 17.1. The molecule has 5 nitrogen and oxygen atoms in total. The number of nitrogens with zero attached hydrogens (tertiary/aromatic N) is 4. The molecule has 0 aliphatic carbocycles. The standard InChI is InChI=1S/C16H12FN5.C7H6BrF/c17-14-4-1-11(2-5-14)9-22-10-16(20-21-22)12-3-6-15-13(7-12)8-18-19-15;8-5-6-1-3-7(9)4-2-6/h1-8,10H,9H2,(H,18,19);1-4H,5H2. The summed E-state index contributed by atoms with van der Waals surface area (Å²) in [7, 11) is 0. The van der Waals surface area contributed by atoms with E-state index in [1.54, 1.807) is 35.1 Å². The molecule has 0 amide bonds. The number of hydrogen-bond acceptors (Lipinski definition) is 3. The van der Waals surface area contributed by atoms with Gasteiger partial charge >= 0.3 is 0 Å². The van der Waals surface area contributed by atoms with Crippen molar-refractivity contribution in [2.45, 2.75) is 11.9 Å². The molecule has 2 aromatic heterocycles. The Bertz CT molecular complexity index is 1260. The topological polar surface area (TPSA) is 59.4 Å². The van der Waals surface area contributed by atoms with Crippen molar-refractivity contribution in [2.24, 2.45) is 0 Å². The number of rotatable bonds is 4. The molecule has 0 radical (unpaired) electrons. The fraction of sp³-hybridized carbons (Fsp3) is 0.0870. The molecule has 31 heavy (non-hydrogen) atoms. The molecule has 0 saturated heterocycles. The first-order chi connectivity index (χ1) is 15.1. The van der Waals surface area contributed by atoms with Crippen LogP contribution in [0, 0.1) is 11.6 Å². The molecule has 0 aliphatic rings. The highest BCUT2D eigenvalue weighted by molar-refractivity contribution is 9.08. The molecule has 5 rings (SSSR count). The van der Waals surface area contributed by atoms with E-state index in [2.05, 4.69) is 36.4 Å². The molecular formula is C23H18BrF2N5. The summed E-state index contributed by atoms with van der Waals surface area (Å²) in [6.45, 7) is 0.557. The number of fused-ring (bicyclic) bond motifs is 1. The zero-order valence-corrected chi connectivity index (χ0v) is 17.9. The van der Waals surface area contributed by atoms with E-state index in [-0.39, 0.29) is 11.6 Å². The van der Waals surface area contributed by atoms with Crippen LogP contribution in [0.2, 0.25) is 0 Å². The van der Waals surface area contributed by atoms with Gasteiger partial charge in [0.05, 0.1) is 24.5 Å². The van der Waals surface area contributed by atoms with Crippen molar-refractivity contribution in [2.75, 3.05) is 0 Å². The lowest BCUT2D eigenvalue weighted by molar-refractivity contribution is 0.621. The third-order valence-corrected chi connectivity index (χ3v) is 5.25. The molecule has 156 valence electrons. The summed E-state index contributed by atoms with van der Waals surface area (Å²) in [5.41, 5.74) is 4.84. The average molecular weight is 482 g/mol. The summed E-state index contributed by atoms with van der Waals surface area (Å²) in [4.78, 5) is 0. The Morgan fingerprint density at radius 2 is 1.55 bits per heavy atom. The normalized spacial score (nSPS) is 10.7. The number of benzene rings is 3. The van der Waals surface area contributed by atoms with Crippen molar-refractivity contribution in [1.82, 2.24) is 25.2 Å². The van der Waals surface area contributed by atoms with Gasteiger partial charge in [-0.2, -0.15) is 5.10 Å². The minimum absolute atomic E-state index is 0.181. The lowest BCUT2D eigenvalue weighted by Gasteiger charge is -2.00. The Kier molecular flexibility index (Phi) is 6.47. The van der Waals surface area contributed by atoms with Gasteiger partial charge in [-0.1, -0.05) is 51.5 Å². The van der Waals surface area contributed by atoms with Gasteiger partial charge in [0, 0.05) is 16.3 Å². The van der Waals surface area contributed by atoms with Crippen LogP contribution in [0.1, 0.15) is 11.1 Å². The predicted molar refractivity (Wildman–Crippen MR) is 120 cm³/mol. The number of aromatic amines is 1. The second kappa shape index (κ2) is 9.61. The van der Waals surface area contributed by atoms with E-state index < -0.39 is 0 Å². The van der Waals surface area contributed by atoms with Gasteiger partial charge in [-0.15, -0.1) is 5.10 Å². The fourth-order valence-electron chi connectivity index (χ4n) is 2.96. The van der Waals surface area contributed by atoms with E-state index in [1.165, 1.54) is 24.3 Å². The molecule has 0 spiro atoms. The van der Waals surface area contributed by atoms with Gasteiger partial charge in [-0.05, 0) is 47.5 Å². The van der Waals surface area contributed by atoms with Gasteiger partial charge in [0.25, 0.3) is 0 Å². The maximum Gasteiger partial charge on any atom is 0.123 e. The molecular weight excluding hydrogens is 464 g/mol. The second-order valence-electron chi connectivity index (χ2n) is 6.86. The molecule has 0 atom stereocenters. The van der Waals surface area contributed by atoms with E-state index in [9.17, 15) is 8.78 Å². The van der Waals surface area contributed by atoms with Gasteiger partial charge in [-0.25, -0.2) is 13.5 Å². The van der Waals surface area contributed by atoms with Crippen LogP contribution in [-0.2, 0) is 11.9 Å². The van der Waals surface area contributed by atoms with Gasteiger partial charge in [0.2, 0.25) is 0 Å². The molecule has 0 unspecified atom stereocenters. The van der Waals surface area contributed by atoms with E-state index in [0.29, 0.717) is 6.54 Å². The van der Waals surface area contributed by atoms with Crippen molar-refractivity contribution in [3.05, 3.63) is 102 Å². The Morgan fingerprint density at radius 3 is 2.23 bits per heavy atom. The summed E-state index contributed by atoms with van der Waals surface area (Å²) in [6.07, 6.45) is 3.66. The third-order valence-electron chi connectivity index (χ3n) is 4.60. The maximum atomic E-state index is 12.9. The van der Waals surface area contributed by atoms with Crippen molar-refractivity contribution in [3.63, 3.8) is 0 Å². The Hall–Kier alpha value is -3.39. The minimum Gasteiger partial charge on any atom is -0.278 e. The number of H-pyrrole nitrogens is 1. The molecule has 8 heteroatoms. The maximum absolute atomic E-state index is 12.9. The fourth-order valence-corrected chi connectivity index (χ4v) is 3.33. The lowest BCUT2D eigenvalue weighted by Crippen LogP contribution is -2.00. The van der Waals surface area contributed by atoms with Gasteiger partial charge in [0.1, 0.15) is 17.3 Å². The Morgan fingerprint density at radius 1 is 0.871 bits per heavy atom. The zero-order chi connectivity index (χ0) is 21.6. The SMILES string of the molecule is Fc1ccc(CBr)cc1.Fc1ccc(Cn2cc(-c3ccc4[nH]ncc4c3)nn2)cc1. The number of halogens is 3. The average Bonchev–Trinajstić information content (AvgIpc) is 3.45. The molecule has 5 aromatic rings. The van der Waals surface area contributed by atoms with Crippen molar-refractivity contribution in [1.29, 1.82) is 0 Å².